The van der Waals surface area contributed by atoms with Gasteiger partial charge in [0.05, 0.1) is 30.8 Å². The summed E-state index contributed by atoms with van der Waals surface area (Å²) in [7, 11) is 1.60. The highest BCUT2D eigenvalue weighted by Crippen LogP contribution is 2.14. The van der Waals surface area contributed by atoms with Gasteiger partial charge in [-0.1, -0.05) is 0 Å². The quantitative estimate of drug-likeness (QED) is 0.553. The number of nitrogens with one attached hydrogen (secondary N) is 1. The molecule has 0 atom stereocenters. The number of aromatic nitrogens is 2. The van der Waals surface area contributed by atoms with Gasteiger partial charge in [0, 0.05) is 6.20 Å². The lowest BCUT2D eigenvalue weighted by Crippen LogP contribution is -2.16. The van der Waals surface area contributed by atoms with Crippen molar-refractivity contribution >= 4 is 12.1 Å². The Morgan fingerprint density at radius 1 is 1.20 bits per heavy atom. The molecule has 0 aliphatic heterocycles. The fourth-order valence-corrected chi connectivity index (χ4v) is 2.11. The second kappa shape index (κ2) is 7.31. The number of carbonyl (C=O) groups is 1. The number of phenols is 1. The molecule has 7 heteroatoms. The van der Waals surface area contributed by atoms with Crippen LogP contribution in [0, 0.1) is 0 Å². The van der Waals surface area contributed by atoms with Gasteiger partial charge in [0.25, 0.3) is 5.91 Å². The van der Waals surface area contributed by atoms with Crippen LogP contribution in [0.15, 0.2) is 66.0 Å². The fraction of sp³-hybridized carbons (Fsp3) is 0.0556. The molecule has 0 saturated heterocycles. The van der Waals surface area contributed by atoms with Gasteiger partial charge in [-0.2, -0.15) is 10.2 Å². The largest absolute Gasteiger partial charge is 0.508 e. The van der Waals surface area contributed by atoms with E-state index < -0.39 is 0 Å². The highest BCUT2D eigenvalue weighted by atomic mass is 16.5. The SMILES string of the molecule is COc1ccc(-n2cc(C(=O)N/N=C/c3ccc(O)cc3)cn2)cc1. The second-order valence-corrected chi connectivity index (χ2v) is 5.16. The molecule has 0 saturated carbocycles. The van der Waals surface area contributed by atoms with Gasteiger partial charge in [0.15, 0.2) is 0 Å². The Bertz CT molecular complexity index is 883. The van der Waals surface area contributed by atoms with Crippen LogP contribution in [0.25, 0.3) is 5.69 Å². The molecule has 1 amide bonds. The summed E-state index contributed by atoms with van der Waals surface area (Å²) in [5.74, 6) is 0.555. The first-order valence-corrected chi connectivity index (χ1v) is 7.47. The predicted molar refractivity (Wildman–Crippen MR) is 93.3 cm³/mol. The molecular formula is C18H16N4O3. The molecule has 3 rings (SSSR count). The van der Waals surface area contributed by atoms with E-state index in [9.17, 15) is 9.90 Å². The molecule has 126 valence electrons. The molecule has 3 aromatic rings. The minimum Gasteiger partial charge on any atom is -0.508 e. The zero-order valence-electron chi connectivity index (χ0n) is 13.5. The van der Waals surface area contributed by atoms with Crippen LogP contribution in [0.3, 0.4) is 0 Å². The van der Waals surface area contributed by atoms with Crippen molar-refractivity contribution in [2.75, 3.05) is 7.11 Å². The van der Waals surface area contributed by atoms with Crippen LogP contribution in [0.2, 0.25) is 0 Å². The van der Waals surface area contributed by atoms with Crippen LogP contribution < -0.4 is 10.2 Å². The summed E-state index contributed by atoms with van der Waals surface area (Å²) in [4.78, 5) is 12.1. The van der Waals surface area contributed by atoms with Gasteiger partial charge < -0.3 is 9.84 Å². The van der Waals surface area contributed by atoms with Crippen LogP contribution in [-0.2, 0) is 0 Å². The Kier molecular flexibility index (Phi) is 4.75. The normalized spacial score (nSPS) is 10.8. The number of rotatable bonds is 5. The molecule has 0 aliphatic rings. The van der Waals surface area contributed by atoms with Crippen LogP contribution >= 0.6 is 0 Å². The maximum atomic E-state index is 12.1. The Balaban J connectivity index is 1.64. The van der Waals surface area contributed by atoms with Gasteiger partial charge in [-0.15, -0.1) is 0 Å². The molecule has 2 N–H and O–H groups in total. The van der Waals surface area contributed by atoms with Crippen molar-refractivity contribution in [2.24, 2.45) is 5.10 Å². The lowest BCUT2D eigenvalue weighted by Gasteiger charge is -2.02. The lowest BCUT2D eigenvalue weighted by molar-refractivity contribution is 0.0955. The van der Waals surface area contributed by atoms with E-state index in [0.717, 1.165) is 17.0 Å². The molecule has 7 nitrogen and oxygen atoms in total. The Labute approximate surface area is 144 Å². The summed E-state index contributed by atoms with van der Waals surface area (Å²) in [6.07, 6.45) is 4.58. The third kappa shape index (κ3) is 4.03. The molecule has 25 heavy (non-hydrogen) atoms. The van der Waals surface area contributed by atoms with Crippen molar-refractivity contribution in [2.45, 2.75) is 0 Å². The van der Waals surface area contributed by atoms with E-state index in [1.54, 1.807) is 42.3 Å². The van der Waals surface area contributed by atoms with Gasteiger partial charge in [-0.05, 0) is 54.1 Å². The molecule has 1 aromatic heterocycles. The van der Waals surface area contributed by atoms with Crippen LogP contribution in [0.4, 0.5) is 0 Å². The van der Waals surface area contributed by atoms with Gasteiger partial charge in [-0.3, -0.25) is 4.79 Å². The van der Waals surface area contributed by atoms with Gasteiger partial charge in [-0.25, -0.2) is 10.1 Å². The van der Waals surface area contributed by atoms with E-state index in [-0.39, 0.29) is 11.7 Å². The minimum atomic E-state index is -0.366. The monoisotopic (exact) mass is 336 g/mol. The van der Waals surface area contributed by atoms with Crippen molar-refractivity contribution in [1.82, 2.24) is 15.2 Å². The van der Waals surface area contributed by atoms with Crippen LogP contribution in [-0.4, -0.2) is 34.1 Å². The van der Waals surface area contributed by atoms with Crippen molar-refractivity contribution in [3.05, 3.63) is 72.1 Å². The first kappa shape index (κ1) is 16.3. The zero-order chi connectivity index (χ0) is 17.6. The van der Waals surface area contributed by atoms with Crippen LogP contribution in [0.1, 0.15) is 15.9 Å². The minimum absolute atomic E-state index is 0.173. The van der Waals surface area contributed by atoms with Crippen molar-refractivity contribution in [3.8, 4) is 17.2 Å². The Morgan fingerprint density at radius 2 is 1.92 bits per heavy atom. The first-order chi connectivity index (χ1) is 12.2. The van der Waals surface area contributed by atoms with E-state index >= 15 is 0 Å². The number of amides is 1. The molecule has 0 bridgehead atoms. The van der Waals surface area contributed by atoms with Crippen molar-refractivity contribution in [3.63, 3.8) is 0 Å². The number of ether oxygens (including phenoxy) is 1. The third-order valence-corrected chi connectivity index (χ3v) is 3.45. The number of nitrogens with zero attached hydrogens (tertiary/aromatic N) is 3. The maximum Gasteiger partial charge on any atom is 0.274 e. The first-order valence-electron chi connectivity index (χ1n) is 7.47. The fourth-order valence-electron chi connectivity index (χ4n) is 2.11. The number of benzene rings is 2. The molecule has 0 fully saturated rings. The third-order valence-electron chi connectivity index (χ3n) is 3.45. The van der Waals surface area contributed by atoms with Crippen molar-refractivity contribution < 1.29 is 14.6 Å². The molecule has 0 spiro atoms. The van der Waals surface area contributed by atoms with E-state index in [1.165, 1.54) is 12.4 Å². The number of phenolic OH excluding ortho intramolecular Hbond substituents is 1. The van der Waals surface area contributed by atoms with E-state index in [0.29, 0.717) is 5.56 Å². The number of hydrazone groups is 1. The van der Waals surface area contributed by atoms with E-state index in [4.69, 9.17) is 4.74 Å². The van der Waals surface area contributed by atoms with Gasteiger partial charge in [0.1, 0.15) is 11.5 Å². The summed E-state index contributed by atoms with van der Waals surface area (Å²) in [6, 6.07) is 13.8. The average Bonchev–Trinajstić information content (AvgIpc) is 3.13. The molecule has 0 aliphatic carbocycles. The summed E-state index contributed by atoms with van der Waals surface area (Å²) >= 11 is 0. The second-order valence-electron chi connectivity index (χ2n) is 5.16. The van der Waals surface area contributed by atoms with Crippen molar-refractivity contribution in [1.29, 1.82) is 0 Å². The number of hydrogen-bond donors (Lipinski definition) is 2. The standard InChI is InChI=1S/C18H16N4O3/c1-25-17-8-4-15(5-9-17)22-12-14(11-20-22)18(24)21-19-10-13-2-6-16(23)7-3-13/h2-12,23H,1H3,(H,21,24)/b19-10+. The number of aromatic hydroxyl groups is 1. The highest BCUT2D eigenvalue weighted by Gasteiger charge is 2.08. The predicted octanol–water partition coefficient (Wildman–Crippen LogP) is 2.35. The van der Waals surface area contributed by atoms with Gasteiger partial charge in [0.2, 0.25) is 0 Å². The van der Waals surface area contributed by atoms with Crippen LogP contribution in [0.5, 0.6) is 11.5 Å². The Hall–Kier alpha value is -3.61. The summed E-state index contributed by atoms with van der Waals surface area (Å²) in [5.41, 5.74) is 4.40. The maximum absolute atomic E-state index is 12.1. The lowest BCUT2D eigenvalue weighted by atomic mass is 10.2. The molecule has 2 aromatic carbocycles. The summed E-state index contributed by atoms with van der Waals surface area (Å²) in [6.45, 7) is 0. The van der Waals surface area contributed by atoms with E-state index in [1.807, 2.05) is 24.3 Å². The zero-order valence-corrected chi connectivity index (χ0v) is 13.5. The number of hydrogen-bond acceptors (Lipinski definition) is 5. The molecule has 0 radical (unpaired) electrons. The van der Waals surface area contributed by atoms with Gasteiger partial charge >= 0.3 is 0 Å². The Morgan fingerprint density at radius 3 is 2.60 bits per heavy atom. The van der Waals surface area contributed by atoms with E-state index in [2.05, 4.69) is 15.6 Å². The molecule has 0 unspecified atom stereocenters. The smallest absolute Gasteiger partial charge is 0.274 e. The topological polar surface area (TPSA) is 88.7 Å². The summed E-state index contributed by atoms with van der Waals surface area (Å²) in [5, 5.41) is 17.3. The summed E-state index contributed by atoms with van der Waals surface area (Å²) < 4.78 is 6.71. The average molecular weight is 336 g/mol. The molecule has 1 heterocycles. The number of methoxy groups -OCH3 is 1. The molecular weight excluding hydrogens is 320 g/mol. The highest BCUT2D eigenvalue weighted by molar-refractivity contribution is 5.94. The number of carbonyl (C=O) groups excluding carboxylic acids is 1.